The van der Waals surface area contributed by atoms with Crippen molar-refractivity contribution in [3.05, 3.63) is 65.2 Å². The second-order valence-corrected chi connectivity index (χ2v) is 5.08. The van der Waals surface area contributed by atoms with Crippen LogP contribution in [0, 0.1) is 18.6 Å². The number of hydrogen-bond acceptors (Lipinski definition) is 2. The van der Waals surface area contributed by atoms with Gasteiger partial charge >= 0.3 is 0 Å². The molecule has 0 saturated carbocycles. The quantitative estimate of drug-likeness (QED) is 0.890. The summed E-state index contributed by atoms with van der Waals surface area (Å²) in [7, 11) is 0. The van der Waals surface area contributed by atoms with E-state index < -0.39 is 23.2 Å². The summed E-state index contributed by atoms with van der Waals surface area (Å²) in [6, 6.07) is 10.7. The maximum atomic E-state index is 13.4. The van der Waals surface area contributed by atoms with E-state index in [-0.39, 0.29) is 18.9 Å². The van der Waals surface area contributed by atoms with Crippen molar-refractivity contribution in [1.82, 2.24) is 5.32 Å². The zero-order valence-corrected chi connectivity index (χ0v) is 12.5. The van der Waals surface area contributed by atoms with Crippen LogP contribution in [0.1, 0.15) is 11.1 Å². The molecule has 2 aromatic rings. The number of carbonyl (C=O) groups is 2. The highest BCUT2D eigenvalue weighted by Crippen LogP contribution is 2.17. The SMILES string of the molecule is Cc1ccc(CC(=O)NCC(=O)Nc2c(F)cccc2F)cc1. The fourth-order valence-electron chi connectivity index (χ4n) is 1.93. The molecule has 0 atom stereocenters. The minimum atomic E-state index is -0.871. The summed E-state index contributed by atoms with van der Waals surface area (Å²) in [5.41, 5.74) is 1.37. The Labute approximate surface area is 132 Å². The lowest BCUT2D eigenvalue weighted by Gasteiger charge is -2.08. The van der Waals surface area contributed by atoms with E-state index in [9.17, 15) is 18.4 Å². The third-order valence-corrected chi connectivity index (χ3v) is 3.16. The van der Waals surface area contributed by atoms with E-state index in [0.29, 0.717) is 0 Å². The Bertz CT molecular complexity index is 695. The zero-order chi connectivity index (χ0) is 16.8. The number of halogens is 2. The smallest absolute Gasteiger partial charge is 0.243 e. The van der Waals surface area contributed by atoms with E-state index in [1.807, 2.05) is 31.2 Å². The van der Waals surface area contributed by atoms with Crippen molar-refractivity contribution in [1.29, 1.82) is 0 Å². The van der Waals surface area contributed by atoms with E-state index in [4.69, 9.17) is 0 Å². The first-order valence-corrected chi connectivity index (χ1v) is 7.02. The molecule has 2 N–H and O–H groups in total. The summed E-state index contributed by atoms with van der Waals surface area (Å²) >= 11 is 0. The van der Waals surface area contributed by atoms with Crippen molar-refractivity contribution >= 4 is 17.5 Å². The molecular weight excluding hydrogens is 302 g/mol. The molecule has 0 radical (unpaired) electrons. The maximum Gasteiger partial charge on any atom is 0.243 e. The van der Waals surface area contributed by atoms with E-state index in [0.717, 1.165) is 23.3 Å². The van der Waals surface area contributed by atoms with Crippen molar-refractivity contribution in [2.45, 2.75) is 13.3 Å². The maximum absolute atomic E-state index is 13.4. The van der Waals surface area contributed by atoms with Crippen LogP contribution in [0.3, 0.4) is 0 Å². The first-order valence-electron chi connectivity index (χ1n) is 7.02. The molecule has 0 aliphatic carbocycles. The summed E-state index contributed by atoms with van der Waals surface area (Å²) in [6.45, 7) is 1.58. The molecule has 0 aliphatic rings. The number of carbonyl (C=O) groups excluding carboxylic acids is 2. The van der Waals surface area contributed by atoms with Crippen LogP contribution in [-0.2, 0) is 16.0 Å². The van der Waals surface area contributed by atoms with E-state index in [2.05, 4.69) is 10.6 Å². The average molecular weight is 318 g/mol. The Morgan fingerprint density at radius 3 is 2.17 bits per heavy atom. The van der Waals surface area contributed by atoms with Crippen molar-refractivity contribution in [2.24, 2.45) is 0 Å². The highest BCUT2D eigenvalue weighted by Gasteiger charge is 2.12. The van der Waals surface area contributed by atoms with Crippen molar-refractivity contribution in [3.8, 4) is 0 Å². The number of benzene rings is 2. The molecule has 0 aliphatic heterocycles. The normalized spacial score (nSPS) is 10.2. The number of para-hydroxylation sites is 1. The fraction of sp³-hybridized carbons (Fsp3) is 0.176. The lowest BCUT2D eigenvalue weighted by atomic mass is 10.1. The first kappa shape index (κ1) is 16.6. The number of nitrogens with one attached hydrogen (secondary N) is 2. The summed E-state index contributed by atoms with van der Waals surface area (Å²) < 4.78 is 26.8. The van der Waals surface area contributed by atoms with Crippen molar-refractivity contribution in [3.63, 3.8) is 0 Å². The van der Waals surface area contributed by atoms with Gasteiger partial charge in [0.2, 0.25) is 11.8 Å². The van der Waals surface area contributed by atoms with Gasteiger partial charge in [-0.1, -0.05) is 35.9 Å². The lowest BCUT2D eigenvalue weighted by Crippen LogP contribution is -2.34. The number of rotatable bonds is 5. The van der Waals surface area contributed by atoms with Gasteiger partial charge in [0.15, 0.2) is 0 Å². The number of hydrogen-bond donors (Lipinski definition) is 2. The first-order chi connectivity index (χ1) is 11.0. The Morgan fingerprint density at radius 1 is 0.957 bits per heavy atom. The van der Waals surface area contributed by atoms with Crippen LogP contribution >= 0.6 is 0 Å². The summed E-state index contributed by atoms with van der Waals surface area (Å²) in [5.74, 6) is -2.79. The van der Waals surface area contributed by atoms with Gasteiger partial charge in [-0.15, -0.1) is 0 Å². The summed E-state index contributed by atoms with van der Waals surface area (Å²) in [4.78, 5) is 23.4. The molecule has 4 nitrogen and oxygen atoms in total. The van der Waals surface area contributed by atoms with Gasteiger partial charge in [-0.05, 0) is 24.6 Å². The second kappa shape index (κ2) is 7.49. The second-order valence-electron chi connectivity index (χ2n) is 5.08. The standard InChI is InChI=1S/C17H16F2N2O2/c1-11-5-7-12(8-6-11)9-15(22)20-10-16(23)21-17-13(18)3-2-4-14(17)19/h2-8H,9-10H2,1H3,(H,20,22)(H,21,23). The van der Waals surface area contributed by atoms with Crippen LogP contribution < -0.4 is 10.6 Å². The van der Waals surface area contributed by atoms with E-state index in [1.54, 1.807) is 0 Å². The Morgan fingerprint density at radius 2 is 1.57 bits per heavy atom. The topological polar surface area (TPSA) is 58.2 Å². The van der Waals surface area contributed by atoms with Crippen LogP contribution in [-0.4, -0.2) is 18.4 Å². The van der Waals surface area contributed by atoms with Crippen molar-refractivity contribution in [2.75, 3.05) is 11.9 Å². The van der Waals surface area contributed by atoms with Gasteiger partial charge in [-0.2, -0.15) is 0 Å². The van der Waals surface area contributed by atoms with Crippen LogP contribution in [0.5, 0.6) is 0 Å². The van der Waals surface area contributed by atoms with Gasteiger partial charge in [-0.25, -0.2) is 8.78 Å². The number of anilines is 1. The van der Waals surface area contributed by atoms with Crippen LogP contribution in [0.4, 0.5) is 14.5 Å². The van der Waals surface area contributed by atoms with Gasteiger partial charge in [-0.3, -0.25) is 9.59 Å². The minimum Gasteiger partial charge on any atom is -0.347 e. The molecule has 23 heavy (non-hydrogen) atoms. The molecule has 120 valence electrons. The Hall–Kier alpha value is -2.76. The van der Waals surface area contributed by atoms with Gasteiger partial charge in [0.05, 0.1) is 13.0 Å². The minimum absolute atomic E-state index is 0.127. The van der Waals surface area contributed by atoms with Gasteiger partial charge in [0.25, 0.3) is 0 Å². The highest BCUT2D eigenvalue weighted by atomic mass is 19.1. The molecule has 0 fully saturated rings. The molecule has 2 aromatic carbocycles. The molecule has 0 saturated heterocycles. The molecule has 0 heterocycles. The molecule has 2 rings (SSSR count). The lowest BCUT2D eigenvalue weighted by molar-refractivity contribution is -0.123. The van der Waals surface area contributed by atoms with Gasteiger partial charge in [0, 0.05) is 0 Å². The Balaban J connectivity index is 1.84. The zero-order valence-electron chi connectivity index (χ0n) is 12.5. The Kier molecular flexibility index (Phi) is 5.41. The van der Waals surface area contributed by atoms with Crippen LogP contribution in [0.2, 0.25) is 0 Å². The van der Waals surface area contributed by atoms with E-state index >= 15 is 0 Å². The van der Waals surface area contributed by atoms with Gasteiger partial charge < -0.3 is 10.6 Å². The fourth-order valence-corrected chi connectivity index (χ4v) is 1.93. The predicted octanol–water partition coefficient (Wildman–Crippen LogP) is 2.57. The number of aryl methyl sites for hydroxylation is 1. The van der Waals surface area contributed by atoms with Crippen LogP contribution in [0.25, 0.3) is 0 Å². The van der Waals surface area contributed by atoms with Crippen molar-refractivity contribution < 1.29 is 18.4 Å². The predicted molar refractivity (Wildman–Crippen MR) is 82.9 cm³/mol. The third kappa shape index (κ3) is 4.88. The molecule has 0 bridgehead atoms. The largest absolute Gasteiger partial charge is 0.347 e. The molecule has 0 spiro atoms. The monoisotopic (exact) mass is 318 g/mol. The van der Waals surface area contributed by atoms with Crippen LogP contribution in [0.15, 0.2) is 42.5 Å². The third-order valence-electron chi connectivity index (χ3n) is 3.16. The molecule has 0 aromatic heterocycles. The van der Waals surface area contributed by atoms with Gasteiger partial charge in [0.1, 0.15) is 17.3 Å². The highest BCUT2D eigenvalue weighted by molar-refractivity contribution is 5.94. The summed E-state index contributed by atoms with van der Waals surface area (Å²) in [5, 5.41) is 4.51. The average Bonchev–Trinajstić information content (AvgIpc) is 2.51. The summed E-state index contributed by atoms with van der Waals surface area (Å²) in [6.07, 6.45) is 0.127. The molecule has 0 unspecified atom stereocenters. The molecule has 6 heteroatoms. The molecular formula is C17H16F2N2O2. The van der Waals surface area contributed by atoms with E-state index in [1.165, 1.54) is 6.07 Å². The number of amides is 2. The molecule has 2 amide bonds.